The first-order chi connectivity index (χ1) is 18.1. The Labute approximate surface area is 218 Å². The van der Waals surface area contributed by atoms with E-state index < -0.39 is 0 Å². The summed E-state index contributed by atoms with van der Waals surface area (Å²) in [7, 11) is 0. The minimum Gasteiger partial charge on any atom is -0.371 e. The summed E-state index contributed by atoms with van der Waals surface area (Å²) in [6.07, 6.45) is 5.02. The Hall–Kier alpha value is -3.93. The monoisotopic (exact) mass is 494 g/mol. The average Bonchev–Trinajstić information content (AvgIpc) is 3.34. The molecule has 3 aromatic carbocycles. The first kappa shape index (κ1) is 24.8. The Morgan fingerprint density at radius 1 is 0.973 bits per heavy atom. The molecule has 190 valence electrons. The summed E-state index contributed by atoms with van der Waals surface area (Å²) in [5.41, 5.74) is 6.10. The van der Waals surface area contributed by atoms with E-state index in [0.29, 0.717) is 12.8 Å². The van der Waals surface area contributed by atoms with E-state index >= 15 is 0 Å². The normalized spacial score (nSPS) is 14.5. The van der Waals surface area contributed by atoms with Crippen LogP contribution in [0.4, 0.5) is 5.69 Å². The summed E-state index contributed by atoms with van der Waals surface area (Å²) in [6.45, 7) is 3.69. The van der Waals surface area contributed by atoms with Gasteiger partial charge in [-0.2, -0.15) is 5.10 Å². The molecule has 2 heterocycles. The van der Waals surface area contributed by atoms with Gasteiger partial charge in [0.2, 0.25) is 5.91 Å². The minimum atomic E-state index is -0.240. The van der Waals surface area contributed by atoms with Crippen molar-refractivity contribution < 1.29 is 9.59 Å². The summed E-state index contributed by atoms with van der Waals surface area (Å²) in [5, 5.41) is 11.7. The number of aromatic amines is 1. The van der Waals surface area contributed by atoms with Crippen LogP contribution in [0.1, 0.15) is 61.0 Å². The molecular formula is C31H34N4O2. The average molecular weight is 495 g/mol. The third kappa shape index (κ3) is 5.91. The van der Waals surface area contributed by atoms with Crippen LogP contribution in [0.15, 0.2) is 72.8 Å². The van der Waals surface area contributed by atoms with E-state index in [4.69, 9.17) is 0 Å². The Bertz CT molecular complexity index is 1370. The number of H-pyrrole nitrogens is 1. The fourth-order valence-electron chi connectivity index (χ4n) is 5.25. The van der Waals surface area contributed by atoms with Gasteiger partial charge < -0.3 is 15.0 Å². The number of hydrogen-bond donors (Lipinski definition) is 2. The lowest BCUT2D eigenvalue weighted by atomic mass is 9.95. The van der Waals surface area contributed by atoms with Gasteiger partial charge in [0.15, 0.2) is 0 Å². The first-order valence-corrected chi connectivity index (χ1v) is 13.2. The van der Waals surface area contributed by atoms with Crippen molar-refractivity contribution in [1.29, 1.82) is 0 Å². The maximum absolute atomic E-state index is 13.4. The molecule has 5 rings (SSSR count). The van der Waals surface area contributed by atoms with Gasteiger partial charge >= 0.3 is 0 Å². The van der Waals surface area contributed by atoms with Crippen LogP contribution in [0.25, 0.3) is 10.9 Å². The maximum Gasteiger partial charge on any atom is 0.225 e. The van der Waals surface area contributed by atoms with Gasteiger partial charge in [-0.05, 0) is 61.9 Å². The highest BCUT2D eigenvalue weighted by molar-refractivity contribution is 5.86. The molecule has 1 aliphatic rings. The molecule has 1 unspecified atom stereocenters. The molecule has 37 heavy (non-hydrogen) atoms. The van der Waals surface area contributed by atoms with Crippen LogP contribution in [-0.2, 0) is 22.4 Å². The number of aromatic nitrogens is 2. The van der Waals surface area contributed by atoms with E-state index in [1.165, 1.54) is 24.9 Å². The number of nitrogens with zero attached hydrogens (tertiary/aromatic N) is 2. The molecule has 2 N–H and O–H groups in total. The van der Waals surface area contributed by atoms with Crippen molar-refractivity contribution in [2.24, 2.45) is 0 Å². The summed E-state index contributed by atoms with van der Waals surface area (Å²) >= 11 is 0. The van der Waals surface area contributed by atoms with Gasteiger partial charge in [-0.3, -0.25) is 9.89 Å². The van der Waals surface area contributed by atoms with Gasteiger partial charge in [0.25, 0.3) is 0 Å². The van der Waals surface area contributed by atoms with Crippen LogP contribution >= 0.6 is 0 Å². The number of aryl methyl sites for hydroxylation is 1. The number of amides is 1. The first-order valence-electron chi connectivity index (χ1n) is 13.2. The third-order valence-electron chi connectivity index (χ3n) is 7.17. The predicted molar refractivity (Wildman–Crippen MR) is 148 cm³/mol. The molecule has 0 bridgehead atoms. The summed E-state index contributed by atoms with van der Waals surface area (Å²) in [5.74, 6) is 0.116. The largest absolute Gasteiger partial charge is 0.371 e. The topological polar surface area (TPSA) is 78.1 Å². The lowest BCUT2D eigenvalue weighted by Gasteiger charge is -2.33. The Morgan fingerprint density at radius 3 is 2.51 bits per heavy atom. The SMILES string of the molecule is CC(=O)CCc1[nH]nc2ccc(CC(=O)NC(c3ccccc3)c3ccccc3N3CCCCC3)cc12. The molecule has 0 aliphatic carbocycles. The van der Waals surface area contributed by atoms with Crippen molar-refractivity contribution >= 4 is 28.3 Å². The van der Waals surface area contributed by atoms with E-state index in [0.717, 1.165) is 46.4 Å². The van der Waals surface area contributed by atoms with E-state index in [1.807, 2.05) is 36.4 Å². The van der Waals surface area contributed by atoms with Crippen LogP contribution in [-0.4, -0.2) is 35.0 Å². The predicted octanol–water partition coefficient (Wildman–Crippen LogP) is 5.52. The Balaban J connectivity index is 1.40. The quantitative estimate of drug-likeness (QED) is 0.321. The number of fused-ring (bicyclic) bond motifs is 1. The standard InChI is InChI=1S/C31H34N4O2/c1-22(36)14-16-27-26-20-23(15-17-28(26)34-33-27)21-30(37)32-31(24-10-4-2-5-11-24)25-12-6-7-13-29(25)35-18-8-3-9-19-35/h2,4-7,10-13,15,17,20,31H,3,8-9,14,16,18-19,21H2,1H3,(H,32,37)(H,33,34). The number of nitrogens with one attached hydrogen (secondary N) is 2. The number of anilines is 1. The number of rotatable bonds is 9. The number of Topliss-reactive ketones (excluding diaryl/α,β-unsaturated/α-hetero) is 1. The van der Waals surface area contributed by atoms with Crippen LogP contribution < -0.4 is 10.2 Å². The zero-order valence-electron chi connectivity index (χ0n) is 21.4. The van der Waals surface area contributed by atoms with Crippen LogP contribution in [0.5, 0.6) is 0 Å². The number of hydrogen-bond acceptors (Lipinski definition) is 4. The molecule has 4 aromatic rings. The molecule has 6 nitrogen and oxygen atoms in total. The van der Waals surface area contributed by atoms with E-state index in [-0.39, 0.29) is 24.2 Å². The number of piperidine rings is 1. The molecule has 0 radical (unpaired) electrons. The number of carbonyl (C=O) groups is 2. The van der Waals surface area contributed by atoms with Crippen molar-refractivity contribution in [1.82, 2.24) is 15.5 Å². The molecule has 6 heteroatoms. The lowest BCUT2D eigenvalue weighted by Crippen LogP contribution is -2.34. The zero-order valence-corrected chi connectivity index (χ0v) is 21.4. The molecule has 1 aliphatic heterocycles. The lowest BCUT2D eigenvalue weighted by molar-refractivity contribution is -0.121. The molecule has 0 saturated carbocycles. The van der Waals surface area contributed by atoms with Crippen LogP contribution in [0.3, 0.4) is 0 Å². The van der Waals surface area contributed by atoms with Crippen molar-refractivity contribution in [2.75, 3.05) is 18.0 Å². The van der Waals surface area contributed by atoms with Gasteiger partial charge in [-0.25, -0.2) is 0 Å². The third-order valence-corrected chi connectivity index (χ3v) is 7.17. The fraction of sp³-hybridized carbons (Fsp3) is 0.323. The highest BCUT2D eigenvalue weighted by Gasteiger charge is 2.23. The molecule has 1 amide bonds. The molecule has 1 fully saturated rings. The van der Waals surface area contributed by atoms with Crippen molar-refractivity contribution in [3.05, 3.63) is 95.2 Å². The van der Waals surface area contributed by atoms with E-state index in [2.05, 4.69) is 56.8 Å². The van der Waals surface area contributed by atoms with Crippen molar-refractivity contribution in [2.45, 2.75) is 51.5 Å². The molecule has 0 spiro atoms. The van der Waals surface area contributed by atoms with E-state index in [1.54, 1.807) is 6.92 Å². The molecule has 1 saturated heterocycles. The zero-order chi connectivity index (χ0) is 25.6. The van der Waals surface area contributed by atoms with Crippen molar-refractivity contribution in [3.8, 4) is 0 Å². The fourth-order valence-corrected chi connectivity index (χ4v) is 5.25. The van der Waals surface area contributed by atoms with Crippen LogP contribution in [0.2, 0.25) is 0 Å². The van der Waals surface area contributed by atoms with Gasteiger partial charge in [0.05, 0.1) is 18.0 Å². The summed E-state index contributed by atoms with van der Waals surface area (Å²) in [4.78, 5) is 27.4. The molecule has 1 aromatic heterocycles. The molecular weight excluding hydrogens is 460 g/mol. The van der Waals surface area contributed by atoms with Gasteiger partial charge in [0.1, 0.15) is 5.78 Å². The summed E-state index contributed by atoms with van der Waals surface area (Å²) < 4.78 is 0. The van der Waals surface area contributed by atoms with Gasteiger partial charge in [-0.15, -0.1) is 0 Å². The minimum absolute atomic E-state index is 0.0320. The second-order valence-electron chi connectivity index (χ2n) is 9.95. The van der Waals surface area contributed by atoms with Gasteiger partial charge in [0, 0.05) is 41.8 Å². The van der Waals surface area contributed by atoms with E-state index in [9.17, 15) is 9.59 Å². The second kappa shape index (κ2) is 11.4. The number of ketones is 1. The smallest absolute Gasteiger partial charge is 0.225 e. The highest BCUT2D eigenvalue weighted by atomic mass is 16.1. The second-order valence-corrected chi connectivity index (χ2v) is 9.95. The number of benzene rings is 3. The Kier molecular flexibility index (Phi) is 7.64. The number of para-hydroxylation sites is 1. The number of carbonyl (C=O) groups excluding carboxylic acids is 2. The molecule has 1 atom stereocenters. The maximum atomic E-state index is 13.4. The van der Waals surface area contributed by atoms with Crippen LogP contribution in [0, 0.1) is 0 Å². The highest BCUT2D eigenvalue weighted by Crippen LogP contribution is 2.32. The van der Waals surface area contributed by atoms with Crippen molar-refractivity contribution in [3.63, 3.8) is 0 Å². The van der Waals surface area contributed by atoms with Gasteiger partial charge in [-0.1, -0.05) is 54.6 Å². The Morgan fingerprint density at radius 2 is 1.73 bits per heavy atom. The summed E-state index contributed by atoms with van der Waals surface area (Å²) in [6, 6.07) is 24.3.